The summed E-state index contributed by atoms with van der Waals surface area (Å²) in [6.07, 6.45) is 14.1. The van der Waals surface area contributed by atoms with Gasteiger partial charge in [0.05, 0.1) is 12.1 Å². The van der Waals surface area contributed by atoms with E-state index in [0.717, 1.165) is 31.1 Å². The van der Waals surface area contributed by atoms with Crippen LogP contribution in [0.3, 0.4) is 0 Å². The molecule has 5 rings (SSSR count). The second kappa shape index (κ2) is 6.67. The lowest BCUT2D eigenvalue weighted by Gasteiger charge is -2.61. The lowest BCUT2D eigenvalue weighted by molar-refractivity contribution is -0.151. The van der Waals surface area contributed by atoms with Gasteiger partial charge in [0.2, 0.25) is 0 Å². The number of aromatic nitrogens is 2. The summed E-state index contributed by atoms with van der Waals surface area (Å²) in [4.78, 5) is 13.2. The Morgan fingerprint density at radius 1 is 1.03 bits per heavy atom. The van der Waals surface area contributed by atoms with Crippen molar-refractivity contribution in [1.29, 1.82) is 0 Å². The Morgan fingerprint density at radius 2 is 1.83 bits per heavy atom. The first kappa shape index (κ1) is 19.8. The second-order valence-electron chi connectivity index (χ2n) is 11.7. The minimum absolute atomic E-state index is 0.175. The van der Waals surface area contributed by atoms with Crippen molar-refractivity contribution in [2.45, 2.75) is 90.7 Å². The third kappa shape index (κ3) is 3.04. The van der Waals surface area contributed by atoms with Crippen LogP contribution >= 0.6 is 0 Å². The van der Waals surface area contributed by atoms with Crippen molar-refractivity contribution >= 4 is 5.78 Å². The summed E-state index contributed by atoms with van der Waals surface area (Å²) in [6, 6.07) is 1.90. The average molecular weight is 399 g/mol. The summed E-state index contributed by atoms with van der Waals surface area (Å²) in [6.45, 7) is 7.46. The molecule has 0 aromatic carbocycles. The van der Waals surface area contributed by atoms with Crippen LogP contribution in [0.5, 0.6) is 0 Å². The molecule has 4 aliphatic rings. The maximum absolute atomic E-state index is 13.2. The molecule has 1 aromatic heterocycles. The molecular weight excluding hydrogens is 360 g/mol. The highest BCUT2D eigenvalue weighted by Crippen LogP contribution is 2.68. The minimum atomic E-state index is -0.461. The second-order valence-corrected chi connectivity index (χ2v) is 11.7. The van der Waals surface area contributed by atoms with Crippen LogP contribution in [-0.4, -0.2) is 26.3 Å². The van der Waals surface area contributed by atoms with Crippen LogP contribution in [0, 0.1) is 40.4 Å². The molecule has 1 heterocycles. The average Bonchev–Trinajstić information content (AvgIpc) is 3.29. The lowest BCUT2D eigenvalue weighted by Crippen LogP contribution is -2.55. The van der Waals surface area contributed by atoms with Crippen molar-refractivity contribution in [2.75, 3.05) is 0 Å². The molecule has 4 aliphatic carbocycles. The number of hydrogen-bond acceptors (Lipinski definition) is 3. The molecule has 0 radical (unpaired) electrons. The molecule has 0 aliphatic heterocycles. The normalized spacial score (nSPS) is 49.2. The summed E-state index contributed by atoms with van der Waals surface area (Å²) in [5.74, 6) is 3.54. The molecule has 4 fully saturated rings. The van der Waals surface area contributed by atoms with E-state index < -0.39 is 5.60 Å². The molecule has 0 saturated heterocycles. The predicted octanol–water partition coefficient (Wildman–Crippen LogP) is 4.86. The standard InChI is InChI=1S/C25H38N2O2/c1-23(29)11-12-24(2)17(15-23)5-6-18-19-7-8-21(25(19,3)10-9-20(18)24)22(28)16-27-14-4-13-26-27/h4,13-14,17-21,29H,5-12,15-16H2,1-3H3/t17-,18-,19-,20+,21+,23-,24+,25-/m0/s1. The molecule has 1 N–H and O–H groups in total. The van der Waals surface area contributed by atoms with Crippen molar-refractivity contribution < 1.29 is 9.90 Å². The Kier molecular flexibility index (Phi) is 4.55. The number of aliphatic hydroxyl groups is 1. The summed E-state index contributed by atoms with van der Waals surface area (Å²) in [5.41, 5.74) is 0.107. The quantitative estimate of drug-likeness (QED) is 0.791. The molecular formula is C25H38N2O2. The molecule has 160 valence electrons. The monoisotopic (exact) mass is 398 g/mol. The third-order valence-electron chi connectivity index (χ3n) is 10.2. The third-order valence-corrected chi connectivity index (χ3v) is 10.2. The van der Waals surface area contributed by atoms with Crippen molar-refractivity contribution in [2.24, 2.45) is 40.4 Å². The first-order valence-corrected chi connectivity index (χ1v) is 12.0. The van der Waals surface area contributed by atoms with E-state index in [9.17, 15) is 9.90 Å². The maximum atomic E-state index is 13.2. The Hall–Kier alpha value is -1.16. The van der Waals surface area contributed by atoms with E-state index in [0.29, 0.717) is 29.6 Å². The van der Waals surface area contributed by atoms with Crippen molar-refractivity contribution in [3.05, 3.63) is 18.5 Å². The number of Topliss-reactive ketones (excluding diaryl/α,β-unsaturated/α-hetero) is 1. The largest absolute Gasteiger partial charge is 0.390 e. The fraction of sp³-hybridized carbons (Fsp3) is 0.840. The highest BCUT2D eigenvalue weighted by Gasteiger charge is 2.61. The van der Waals surface area contributed by atoms with Crippen LogP contribution < -0.4 is 0 Å². The van der Waals surface area contributed by atoms with Crippen molar-refractivity contribution in [1.82, 2.24) is 9.78 Å². The van der Waals surface area contributed by atoms with Gasteiger partial charge in [-0.2, -0.15) is 5.10 Å². The molecule has 4 saturated carbocycles. The molecule has 4 heteroatoms. The van der Waals surface area contributed by atoms with Crippen LogP contribution in [0.25, 0.3) is 0 Å². The smallest absolute Gasteiger partial charge is 0.157 e. The van der Waals surface area contributed by atoms with Crippen LogP contribution in [0.15, 0.2) is 18.5 Å². The van der Waals surface area contributed by atoms with Gasteiger partial charge in [0.25, 0.3) is 0 Å². The number of carbonyl (C=O) groups excluding carboxylic acids is 1. The molecule has 8 atom stereocenters. The van der Waals surface area contributed by atoms with Crippen LogP contribution in [0.1, 0.15) is 78.6 Å². The van der Waals surface area contributed by atoms with E-state index in [1.807, 2.05) is 19.2 Å². The Morgan fingerprint density at radius 3 is 2.59 bits per heavy atom. The fourth-order valence-electron chi connectivity index (χ4n) is 8.62. The molecule has 0 bridgehead atoms. The van der Waals surface area contributed by atoms with Crippen LogP contribution in [-0.2, 0) is 11.3 Å². The van der Waals surface area contributed by atoms with Crippen LogP contribution in [0.2, 0.25) is 0 Å². The topological polar surface area (TPSA) is 55.1 Å². The molecule has 4 nitrogen and oxygen atoms in total. The van der Waals surface area contributed by atoms with Gasteiger partial charge in [0, 0.05) is 18.3 Å². The van der Waals surface area contributed by atoms with Gasteiger partial charge in [-0.25, -0.2) is 0 Å². The van der Waals surface area contributed by atoms with E-state index in [-0.39, 0.29) is 11.3 Å². The summed E-state index contributed by atoms with van der Waals surface area (Å²) in [5, 5.41) is 14.9. The lowest BCUT2D eigenvalue weighted by atomic mass is 9.44. The zero-order valence-electron chi connectivity index (χ0n) is 18.4. The molecule has 0 amide bonds. The van der Waals surface area contributed by atoms with Gasteiger partial charge in [-0.15, -0.1) is 0 Å². The number of rotatable bonds is 3. The summed E-state index contributed by atoms with van der Waals surface area (Å²) >= 11 is 0. The van der Waals surface area contributed by atoms with Gasteiger partial charge in [0.15, 0.2) is 5.78 Å². The summed E-state index contributed by atoms with van der Waals surface area (Å²) in [7, 11) is 0. The van der Waals surface area contributed by atoms with Crippen LogP contribution in [0.4, 0.5) is 0 Å². The number of hydrogen-bond donors (Lipinski definition) is 1. The van der Waals surface area contributed by atoms with Gasteiger partial charge >= 0.3 is 0 Å². The zero-order chi connectivity index (χ0) is 20.4. The number of ketones is 1. The van der Waals surface area contributed by atoms with E-state index in [4.69, 9.17) is 0 Å². The number of fused-ring (bicyclic) bond motifs is 5. The maximum Gasteiger partial charge on any atom is 0.157 e. The minimum Gasteiger partial charge on any atom is -0.390 e. The summed E-state index contributed by atoms with van der Waals surface area (Å²) < 4.78 is 1.80. The Labute approximate surface area is 175 Å². The van der Waals surface area contributed by atoms with Gasteiger partial charge in [0.1, 0.15) is 0 Å². The van der Waals surface area contributed by atoms with Gasteiger partial charge in [-0.3, -0.25) is 9.48 Å². The van der Waals surface area contributed by atoms with E-state index in [1.165, 1.54) is 38.5 Å². The SMILES string of the molecule is C[C@]1(O)CC[C@]2(C)[C@@H](CC[C@@H]3[C@H]2CC[C@]2(C)[C@@H](C(=O)Cn4cccn4)CC[C@@H]32)C1. The zero-order valence-corrected chi connectivity index (χ0v) is 18.4. The first-order valence-electron chi connectivity index (χ1n) is 12.0. The molecule has 29 heavy (non-hydrogen) atoms. The first-order chi connectivity index (χ1) is 13.7. The highest BCUT2D eigenvalue weighted by atomic mass is 16.3. The molecule has 0 unspecified atom stereocenters. The number of nitrogens with zero attached hydrogens (tertiary/aromatic N) is 2. The van der Waals surface area contributed by atoms with Gasteiger partial charge in [-0.1, -0.05) is 13.8 Å². The Bertz CT molecular complexity index is 772. The molecule has 1 aromatic rings. The Balaban J connectivity index is 1.36. The predicted molar refractivity (Wildman–Crippen MR) is 113 cm³/mol. The van der Waals surface area contributed by atoms with E-state index >= 15 is 0 Å². The van der Waals surface area contributed by atoms with Crippen molar-refractivity contribution in [3.63, 3.8) is 0 Å². The highest BCUT2D eigenvalue weighted by molar-refractivity contribution is 5.82. The fourth-order valence-corrected chi connectivity index (χ4v) is 8.62. The van der Waals surface area contributed by atoms with Gasteiger partial charge < -0.3 is 5.11 Å². The number of carbonyl (C=O) groups is 1. The van der Waals surface area contributed by atoms with Crippen molar-refractivity contribution in [3.8, 4) is 0 Å². The molecule has 0 spiro atoms. The van der Waals surface area contributed by atoms with E-state index in [2.05, 4.69) is 18.9 Å². The van der Waals surface area contributed by atoms with E-state index in [1.54, 1.807) is 10.9 Å². The van der Waals surface area contributed by atoms with Gasteiger partial charge in [-0.05, 0) is 105 Å².